The number of nitrogens with one attached hydrogen (secondary N) is 2. The lowest BCUT2D eigenvalue weighted by Crippen LogP contribution is -2.48. The van der Waals surface area contributed by atoms with Crippen LogP contribution < -0.4 is 15.7 Å². The fraction of sp³-hybridized carbons (Fsp3) is 0.105. The molecule has 2 amide bonds. The van der Waals surface area contributed by atoms with Crippen molar-refractivity contribution in [3.05, 3.63) is 76.4 Å². The van der Waals surface area contributed by atoms with Crippen LogP contribution in [0.4, 0.5) is 0 Å². The minimum Gasteiger partial charge on any atom is -0.548 e. The smallest absolute Gasteiger partial charge is 0.268 e. The summed E-state index contributed by atoms with van der Waals surface area (Å²) in [7, 11) is 0. The molecule has 0 aromatic heterocycles. The number of benzene rings is 2. The maximum atomic E-state index is 12.4. The molecule has 2 rings (SSSR count). The van der Waals surface area contributed by atoms with Gasteiger partial charge in [-0.25, -0.2) is 0 Å². The molecule has 2 aromatic rings. The zero-order valence-corrected chi connectivity index (χ0v) is 14.6. The lowest BCUT2D eigenvalue weighted by atomic mass is 10.1. The summed E-state index contributed by atoms with van der Waals surface area (Å²) in [5.41, 5.74) is 0.860. The van der Waals surface area contributed by atoms with Crippen molar-refractivity contribution in [1.82, 2.24) is 10.6 Å². The Labute approximate surface area is 155 Å². The highest BCUT2D eigenvalue weighted by molar-refractivity contribution is 6.30. The average molecular weight is 372 g/mol. The van der Waals surface area contributed by atoms with E-state index in [0.717, 1.165) is 0 Å². The zero-order chi connectivity index (χ0) is 19.1. The van der Waals surface area contributed by atoms with Crippen LogP contribution in [-0.4, -0.2) is 23.8 Å². The van der Waals surface area contributed by atoms with Gasteiger partial charge < -0.3 is 20.5 Å². The highest BCUT2D eigenvalue weighted by Gasteiger charge is 2.16. The first kappa shape index (κ1) is 19.2. The largest absolute Gasteiger partial charge is 0.548 e. The second-order valence-electron chi connectivity index (χ2n) is 5.44. The number of carboxylic acids is 1. The van der Waals surface area contributed by atoms with E-state index in [2.05, 4.69) is 10.6 Å². The number of hydrogen-bond acceptors (Lipinski definition) is 4. The average Bonchev–Trinajstić information content (AvgIpc) is 2.63. The van der Waals surface area contributed by atoms with E-state index >= 15 is 0 Å². The molecule has 7 heteroatoms. The third-order valence-electron chi connectivity index (χ3n) is 3.41. The van der Waals surface area contributed by atoms with E-state index in [9.17, 15) is 19.5 Å². The van der Waals surface area contributed by atoms with Crippen LogP contribution in [0.1, 0.15) is 22.8 Å². The number of aliphatic carboxylic acids is 1. The monoisotopic (exact) mass is 371 g/mol. The van der Waals surface area contributed by atoms with Gasteiger partial charge in [-0.05, 0) is 42.8 Å². The molecule has 1 atom stereocenters. The molecule has 0 saturated heterocycles. The molecule has 0 unspecified atom stereocenters. The van der Waals surface area contributed by atoms with Gasteiger partial charge in [0, 0.05) is 10.6 Å². The number of hydrogen-bond donors (Lipinski definition) is 2. The normalized spacial score (nSPS) is 12.2. The molecule has 134 valence electrons. The summed E-state index contributed by atoms with van der Waals surface area (Å²) >= 11 is 5.84. The summed E-state index contributed by atoms with van der Waals surface area (Å²) in [6.07, 6.45) is 1.43. The van der Waals surface area contributed by atoms with Crippen LogP contribution in [0.3, 0.4) is 0 Å². The third kappa shape index (κ3) is 5.46. The molecule has 0 aliphatic carbocycles. The predicted octanol–water partition coefficient (Wildman–Crippen LogP) is 1.37. The number of carbonyl (C=O) groups excluding carboxylic acids is 3. The molecule has 6 nitrogen and oxygen atoms in total. The minimum atomic E-state index is -1.43. The van der Waals surface area contributed by atoms with Gasteiger partial charge in [0.05, 0.1) is 12.0 Å². The van der Waals surface area contributed by atoms with Crippen molar-refractivity contribution in [3.8, 4) is 0 Å². The van der Waals surface area contributed by atoms with Crippen molar-refractivity contribution in [2.45, 2.75) is 13.0 Å². The van der Waals surface area contributed by atoms with Crippen LogP contribution in [0.25, 0.3) is 6.08 Å². The van der Waals surface area contributed by atoms with Crippen LogP contribution in [0, 0.1) is 0 Å². The van der Waals surface area contributed by atoms with E-state index in [1.807, 2.05) is 0 Å². The van der Waals surface area contributed by atoms with Crippen LogP contribution in [0.15, 0.2) is 60.3 Å². The van der Waals surface area contributed by atoms with Crippen LogP contribution in [0.5, 0.6) is 0 Å². The first-order valence-electron chi connectivity index (χ1n) is 7.72. The Morgan fingerprint density at radius 1 is 1.04 bits per heavy atom. The Morgan fingerprint density at radius 3 is 2.23 bits per heavy atom. The molecule has 0 bridgehead atoms. The highest BCUT2D eigenvalue weighted by atomic mass is 35.5. The molecule has 2 N–H and O–H groups in total. The first-order chi connectivity index (χ1) is 12.4. The molecule has 2 aromatic carbocycles. The maximum Gasteiger partial charge on any atom is 0.268 e. The number of rotatable bonds is 6. The van der Waals surface area contributed by atoms with E-state index < -0.39 is 23.8 Å². The summed E-state index contributed by atoms with van der Waals surface area (Å²) in [4.78, 5) is 35.6. The zero-order valence-electron chi connectivity index (χ0n) is 13.9. The van der Waals surface area contributed by atoms with Gasteiger partial charge in [0.2, 0.25) is 0 Å². The van der Waals surface area contributed by atoms with Crippen molar-refractivity contribution in [2.75, 3.05) is 0 Å². The molecular weight excluding hydrogens is 356 g/mol. The lowest BCUT2D eigenvalue weighted by molar-refractivity contribution is -0.307. The summed E-state index contributed by atoms with van der Waals surface area (Å²) in [6, 6.07) is 13.7. The van der Waals surface area contributed by atoms with Crippen molar-refractivity contribution in [2.24, 2.45) is 0 Å². The molecule has 0 spiro atoms. The van der Waals surface area contributed by atoms with Crippen molar-refractivity contribution < 1.29 is 19.5 Å². The Kier molecular flexibility index (Phi) is 6.52. The molecule has 26 heavy (non-hydrogen) atoms. The fourth-order valence-electron chi connectivity index (χ4n) is 2.00. The molecule has 0 heterocycles. The van der Waals surface area contributed by atoms with Gasteiger partial charge in [-0.15, -0.1) is 0 Å². The molecule has 0 saturated carbocycles. The predicted molar refractivity (Wildman–Crippen MR) is 95.9 cm³/mol. The number of carboxylic acid groups (broad SMARTS) is 1. The van der Waals surface area contributed by atoms with Crippen LogP contribution >= 0.6 is 11.6 Å². The molecule has 0 aliphatic heterocycles. The number of carbonyl (C=O) groups is 3. The first-order valence-corrected chi connectivity index (χ1v) is 8.10. The Hall–Kier alpha value is -3.12. The van der Waals surface area contributed by atoms with E-state index in [0.29, 0.717) is 16.1 Å². The Morgan fingerprint density at radius 2 is 1.65 bits per heavy atom. The fourth-order valence-corrected chi connectivity index (χ4v) is 2.13. The van der Waals surface area contributed by atoms with Gasteiger partial charge in [-0.3, -0.25) is 9.59 Å². The topological polar surface area (TPSA) is 98.3 Å². The summed E-state index contributed by atoms with van der Waals surface area (Å²) in [5, 5.41) is 16.1. The minimum absolute atomic E-state index is 0.103. The van der Waals surface area contributed by atoms with E-state index in [1.165, 1.54) is 13.0 Å². The van der Waals surface area contributed by atoms with Gasteiger partial charge in [0.15, 0.2) is 0 Å². The van der Waals surface area contributed by atoms with Crippen molar-refractivity contribution >= 4 is 35.5 Å². The highest BCUT2D eigenvalue weighted by Crippen LogP contribution is 2.12. The van der Waals surface area contributed by atoms with Crippen LogP contribution in [-0.2, 0) is 9.59 Å². The van der Waals surface area contributed by atoms with Gasteiger partial charge in [0.1, 0.15) is 5.70 Å². The molecule has 0 fully saturated rings. The molecular formula is C19H16ClN2O4-. The van der Waals surface area contributed by atoms with Gasteiger partial charge in [-0.1, -0.05) is 41.9 Å². The van der Waals surface area contributed by atoms with E-state index in [4.69, 9.17) is 11.6 Å². The third-order valence-corrected chi connectivity index (χ3v) is 3.66. The van der Waals surface area contributed by atoms with Crippen molar-refractivity contribution in [3.63, 3.8) is 0 Å². The summed E-state index contributed by atoms with van der Waals surface area (Å²) in [6.45, 7) is 1.27. The standard InChI is InChI=1S/C19H17ClN2O4/c1-12(19(25)26)21-18(24)16(11-13-7-9-15(20)10-8-13)22-17(23)14-5-3-2-4-6-14/h2-12H,1H3,(H,21,24)(H,22,23)(H,25,26)/p-1/b16-11-/t12-/m0/s1. The second kappa shape index (κ2) is 8.82. The van der Waals surface area contributed by atoms with Gasteiger partial charge in [0.25, 0.3) is 11.8 Å². The summed E-state index contributed by atoms with van der Waals surface area (Å²) in [5.74, 6) is -2.68. The Bertz CT molecular complexity index is 832. The van der Waals surface area contributed by atoms with Crippen molar-refractivity contribution in [1.29, 1.82) is 0 Å². The SMILES string of the molecule is C[C@H](NC(=O)/C(=C/c1ccc(Cl)cc1)NC(=O)c1ccccc1)C(=O)[O-]. The lowest BCUT2D eigenvalue weighted by Gasteiger charge is -2.17. The Balaban J connectivity index is 2.28. The van der Waals surface area contributed by atoms with Crippen LogP contribution in [0.2, 0.25) is 5.02 Å². The quantitative estimate of drug-likeness (QED) is 0.749. The van der Waals surface area contributed by atoms with E-state index in [-0.39, 0.29) is 5.70 Å². The number of halogens is 1. The summed E-state index contributed by atoms with van der Waals surface area (Å²) < 4.78 is 0. The molecule has 0 radical (unpaired) electrons. The van der Waals surface area contributed by atoms with E-state index in [1.54, 1.807) is 54.6 Å². The van der Waals surface area contributed by atoms with Gasteiger partial charge in [-0.2, -0.15) is 0 Å². The number of amides is 2. The second-order valence-corrected chi connectivity index (χ2v) is 5.88. The van der Waals surface area contributed by atoms with Gasteiger partial charge >= 0.3 is 0 Å². The maximum absolute atomic E-state index is 12.4. The molecule has 0 aliphatic rings.